The highest BCUT2D eigenvalue weighted by atomic mass is 16.5. The van der Waals surface area contributed by atoms with Gasteiger partial charge in [0.05, 0.1) is 5.92 Å². The maximum absolute atomic E-state index is 12.5. The fourth-order valence-corrected chi connectivity index (χ4v) is 4.46. The van der Waals surface area contributed by atoms with Crippen LogP contribution in [-0.4, -0.2) is 40.9 Å². The Hall–Kier alpha value is -4.13. The highest BCUT2D eigenvalue weighted by Gasteiger charge is 2.31. The van der Waals surface area contributed by atoms with Gasteiger partial charge in [-0.25, -0.2) is 9.59 Å². The summed E-state index contributed by atoms with van der Waals surface area (Å²) in [7, 11) is 0. The van der Waals surface area contributed by atoms with Crippen molar-refractivity contribution in [2.45, 2.75) is 24.8 Å². The summed E-state index contributed by atoms with van der Waals surface area (Å²) in [5.41, 5.74) is 5.03. The molecule has 0 bridgehead atoms. The van der Waals surface area contributed by atoms with Gasteiger partial charge in [-0.05, 0) is 40.7 Å². The Balaban J connectivity index is 1.41. The van der Waals surface area contributed by atoms with Crippen molar-refractivity contribution in [3.8, 4) is 11.1 Å². The van der Waals surface area contributed by atoms with E-state index in [-0.39, 0.29) is 25.4 Å². The van der Waals surface area contributed by atoms with Crippen molar-refractivity contribution in [1.29, 1.82) is 0 Å². The highest BCUT2D eigenvalue weighted by Crippen LogP contribution is 2.44. The van der Waals surface area contributed by atoms with Gasteiger partial charge in [-0.15, -0.1) is 0 Å². The lowest BCUT2D eigenvalue weighted by Crippen LogP contribution is -2.43. The van der Waals surface area contributed by atoms with Gasteiger partial charge < -0.3 is 20.3 Å². The third-order valence-corrected chi connectivity index (χ3v) is 6.13. The Kier molecular flexibility index (Phi) is 6.92. The standard InChI is InChI=1S/C27H25NO6/c29-25(30)18(14-17-8-2-1-3-9-17)15-24(26(31)32)28-27(33)34-16-23-21-12-6-4-10-19(21)20-11-5-7-13-22(20)23/h1-13,18,23-24H,14-16H2,(H,28,33)(H,29,30)(H,31,32)/t18?,24-/m0/s1. The molecule has 0 radical (unpaired) electrons. The molecule has 1 unspecified atom stereocenters. The van der Waals surface area contributed by atoms with Crippen LogP contribution in [0.15, 0.2) is 78.9 Å². The molecule has 3 aromatic carbocycles. The Labute approximate surface area is 197 Å². The van der Waals surface area contributed by atoms with Gasteiger partial charge in [0.15, 0.2) is 0 Å². The summed E-state index contributed by atoms with van der Waals surface area (Å²) in [6, 6.07) is 23.4. The largest absolute Gasteiger partial charge is 0.481 e. The molecule has 34 heavy (non-hydrogen) atoms. The Morgan fingerprint density at radius 1 is 0.794 bits per heavy atom. The number of carboxylic acids is 2. The number of carboxylic acid groups (broad SMARTS) is 2. The van der Waals surface area contributed by atoms with Crippen molar-refractivity contribution < 1.29 is 29.3 Å². The minimum Gasteiger partial charge on any atom is -0.481 e. The predicted molar refractivity (Wildman–Crippen MR) is 126 cm³/mol. The lowest BCUT2D eigenvalue weighted by molar-refractivity contribution is -0.144. The van der Waals surface area contributed by atoms with Crippen LogP contribution >= 0.6 is 0 Å². The molecule has 0 saturated heterocycles. The molecule has 4 rings (SSSR count). The maximum atomic E-state index is 12.5. The molecule has 0 heterocycles. The Morgan fingerprint density at radius 2 is 1.35 bits per heavy atom. The predicted octanol–water partition coefficient (Wildman–Crippen LogP) is 4.31. The molecule has 1 amide bonds. The van der Waals surface area contributed by atoms with Gasteiger partial charge in [0.2, 0.25) is 0 Å². The van der Waals surface area contributed by atoms with E-state index in [0.29, 0.717) is 0 Å². The summed E-state index contributed by atoms with van der Waals surface area (Å²) in [5, 5.41) is 21.5. The number of hydrogen-bond donors (Lipinski definition) is 3. The van der Waals surface area contributed by atoms with E-state index in [0.717, 1.165) is 27.8 Å². The summed E-state index contributed by atoms with van der Waals surface area (Å²) >= 11 is 0. The van der Waals surface area contributed by atoms with Gasteiger partial charge in [-0.3, -0.25) is 4.79 Å². The molecule has 7 heteroatoms. The molecule has 3 aromatic rings. The van der Waals surface area contributed by atoms with Gasteiger partial charge in [0, 0.05) is 5.92 Å². The first-order chi connectivity index (χ1) is 16.4. The zero-order valence-corrected chi connectivity index (χ0v) is 18.4. The van der Waals surface area contributed by atoms with Crippen LogP contribution in [0.1, 0.15) is 29.0 Å². The quantitative estimate of drug-likeness (QED) is 0.439. The zero-order valence-electron chi connectivity index (χ0n) is 18.4. The van der Waals surface area contributed by atoms with Crippen molar-refractivity contribution >= 4 is 18.0 Å². The summed E-state index contributed by atoms with van der Waals surface area (Å²) < 4.78 is 5.42. The van der Waals surface area contributed by atoms with E-state index in [1.165, 1.54) is 0 Å². The van der Waals surface area contributed by atoms with E-state index >= 15 is 0 Å². The molecule has 2 atom stereocenters. The maximum Gasteiger partial charge on any atom is 0.407 e. The van der Waals surface area contributed by atoms with Gasteiger partial charge in [0.25, 0.3) is 0 Å². The summed E-state index contributed by atoms with van der Waals surface area (Å²) in [5.74, 6) is -3.57. The second kappa shape index (κ2) is 10.2. The van der Waals surface area contributed by atoms with E-state index in [9.17, 15) is 24.6 Å². The van der Waals surface area contributed by atoms with Crippen LogP contribution in [0.4, 0.5) is 4.79 Å². The molecule has 0 saturated carbocycles. The van der Waals surface area contributed by atoms with Crippen LogP contribution in [-0.2, 0) is 20.7 Å². The molecule has 3 N–H and O–H groups in total. The van der Waals surface area contributed by atoms with E-state index in [2.05, 4.69) is 5.32 Å². The molecule has 0 aliphatic heterocycles. The third-order valence-electron chi connectivity index (χ3n) is 6.13. The first kappa shape index (κ1) is 23.0. The van der Waals surface area contributed by atoms with Gasteiger partial charge in [0.1, 0.15) is 12.6 Å². The number of fused-ring (bicyclic) bond motifs is 3. The molecule has 1 aliphatic carbocycles. The smallest absolute Gasteiger partial charge is 0.407 e. The molecule has 174 valence electrons. The molecular weight excluding hydrogens is 434 g/mol. The Morgan fingerprint density at radius 3 is 1.91 bits per heavy atom. The highest BCUT2D eigenvalue weighted by molar-refractivity contribution is 5.82. The van der Waals surface area contributed by atoms with Crippen molar-refractivity contribution in [3.05, 3.63) is 95.6 Å². The number of rotatable bonds is 9. The topological polar surface area (TPSA) is 113 Å². The van der Waals surface area contributed by atoms with Crippen molar-refractivity contribution in [1.82, 2.24) is 5.32 Å². The second-order valence-electron chi connectivity index (χ2n) is 8.32. The van der Waals surface area contributed by atoms with E-state index < -0.39 is 30.0 Å². The Bertz CT molecular complexity index is 1150. The average Bonchev–Trinajstić information content (AvgIpc) is 3.16. The van der Waals surface area contributed by atoms with Crippen molar-refractivity contribution in [2.24, 2.45) is 5.92 Å². The number of hydrogen-bond acceptors (Lipinski definition) is 4. The summed E-state index contributed by atoms with van der Waals surface area (Å²) in [6.07, 6.45) is -0.992. The van der Waals surface area contributed by atoms with Gasteiger partial charge >= 0.3 is 18.0 Å². The molecule has 0 fully saturated rings. The first-order valence-corrected chi connectivity index (χ1v) is 11.0. The van der Waals surface area contributed by atoms with Crippen molar-refractivity contribution in [2.75, 3.05) is 6.61 Å². The number of amides is 1. The lowest BCUT2D eigenvalue weighted by Gasteiger charge is -2.20. The lowest BCUT2D eigenvalue weighted by atomic mass is 9.93. The fourth-order valence-electron chi connectivity index (χ4n) is 4.46. The molecule has 7 nitrogen and oxygen atoms in total. The third kappa shape index (κ3) is 5.09. The van der Waals surface area contributed by atoms with Crippen LogP contribution in [0.5, 0.6) is 0 Å². The van der Waals surface area contributed by atoms with Crippen LogP contribution in [0.3, 0.4) is 0 Å². The fraction of sp³-hybridized carbons (Fsp3) is 0.222. The minimum absolute atomic E-state index is 0.0403. The van der Waals surface area contributed by atoms with Crippen LogP contribution in [0.25, 0.3) is 11.1 Å². The van der Waals surface area contributed by atoms with Crippen LogP contribution in [0.2, 0.25) is 0 Å². The molecule has 1 aliphatic rings. The minimum atomic E-state index is -1.39. The van der Waals surface area contributed by atoms with E-state index in [1.807, 2.05) is 54.6 Å². The first-order valence-electron chi connectivity index (χ1n) is 11.0. The van der Waals surface area contributed by atoms with Crippen LogP contribution < -0.4 is 5.32 Å². The number of benzene rings is 3. The second-order valence-corrected chi connectivity index (χ2v) is 8.32. The number of carbonyl (C=O) groups is 3. The van der Waals surface area contributed by atoms with Gasteiger partial charge in [-0.1, -0.05) is 78.9 Å². The van der Waals surface area contributed by atoms with E-state index in [1.54, 1.807) is 24.3 Å². The number of alkyl carbamates (subject to hydrolysis) is 1. The molecule has 0 spiro atoms. The number of aliphatic carboxylic acids is 2. The normalized spacial score (nSPS) is 13.9. The molecule has 0 aromatic heterocycles. The number of ether oxygens (including phenoxy) is 1. The SMILES string of the molecule is O=C(N[C@@H](CC(Cc1ccccc1)C(=O)O)C(=O)O)OCC1c2ccccc2-c2ccccc21. The molecular formula is C27H25NO6. The van der Waals surface area contributed by atoms with E-state index in [4.69, 9.17) is 4.74 Å². The van der Waals surface area contributed by atoms with Crippen molar-refractivity contribution in [3.63, 3.8) is 0 Å². The summed E-state index contributed by atoms with van der Waals surface area (Å²) in [4.78, 5) is 36.0. The summed E-state index contributed by atoms with van der Waals surface area (Å²) in [6.45, 7) is 0.0403. The zero-order chi connectivity index (χ0) is 24.1. The monoisotopic (exact) mass is 459 g/mol. The van der Waals surface area contributed by atoms with Crippen LogP contribution in [0, 0.1) is 5.92 Å². The average molecular weight is 459 g/mol. The number of carbonyl (C=O) groups excluding carboxylic acids is 1. The number of nitrogens with one attached hydrogen (secondary N) is 1. The van der Waals surface area contributed by atoms with Gasteiger partial charge in [-0.2, -0.15) is 0 Å².